The standard InChI is InChI=1S/C10H7BrFN3/c11-7-1-3-8(4-2-7)15-10-6-13-9(12)5-14-10/h1-6H,(H,14,15). The second-order valence-electron chi connectivity index (χ2n) is 2.86. The van der Waals surface area contributed by atoms with Crippen molar-refractivity contribution in [3.63, 3.8) is 0 Å². The van der Waals surface area contributed by atoms with Gasteiger partial charge in [-0.1, -0.05) is 15.9 Å². The summed E-state index contributed by atoms with van der Waals surface area (Å²) >= 11 is 3.34. The lowest BCUT2D eigenvalue weighted by molar-refractivity contribution is 0.577. The van der Waals surface area contributed by atoms with Gasteiger partial charge in [-0.25, -0.2) is 9.97 Å². The highest BCUT2D eigenvalue weighted by molar-refractivity contribution is 9.10. The highest BCUT2D eigenvalue weighted by Crippen LogP contribution is 2.17. The Balaban J connectivity index is 2.15. The van der Waals surface area contributed by atoms with Crippen molar-refractivity contribution >= 4 is 27.4 Å². The molecule has 0 radical (unpaired) electrons. The van der Waals surface area contributed by atoms with Gasteiger partial charge >= 0.3 is 0 Å². The minimum absolute atomic E-state index is 0.513. The normalized spacial score (nSPS) is 10.0. The summed E-state index contributed by atoms with van der Waals surface area (Å²) in [6.45, 7) is 0. The Kier molecular flexibility index (Phi) is 2.91. The third kappa shape index (κ3) is 2.73. The molecule has 0 saturated heterocycles. The SMILES string of the molecule is Fc1cnc(Nc2ccc(Br)cc2)cn1. The Labute approximate surface area is 94.5 Å². The van der Waals surface area contributed by atoms with Crippen LogP contribution in [-0.4, -0.2) is 9.97 Å². The first-order chi connectivity index (χ1) is 7.24. The van der Waals surface area contributed by atoms with Crippen LogP contribution in [0.15, 0.2) is 41.1 Å². The fourth-order valence-corrected chi connectivity index (χ4v) is 1.32. The van der Waals surface area contributed by atoms with Gasteiger partial charge in [-0.2, -0.15) is 4.39 Å². The molecule has 1 aromatic heterocycles. The van der Waals surface area contributed by atoms with Crippen molar-refractivity contribution in [3.8, 4) is 0 Å². The number of nitrogens with zero attached hydrogens (tertiary/aromatic N) is 2. The van der Waals surface area contributed by atoms with E-state index in [1.807, 2.05) is 24.3 Å². The molecule has 0 atom stereocenters. The van der Waals surface area contributed by atoms with Crippen molar-refractivity contribution in [3.05, 3.63) is 47.1 Å². The molecule has 0 spiro atoms. The van der Waals surface area contributed by atoms with Gasteiger partial charge in [0, 0.05) is 10.2 Å². The molecule has 0 bridgehead atoms. The highest BCUT2D eigenvalue weighted by atomic mass is 79.9. The first kappa shape index (κ1) is 10.0. The zero-order valence-electron chi connectivity index (χ0n) is 7.61. The predicted octanol–water partition coefficient (Wildman–Crippen LogP) is 3.12. The molecule has 0 unspecified atom stereocenters. The van der Waals surface area contributed by atoms with E-state index in [1.54, 1.807) is 0 Å². The van der Waals surface area contributed by atoms with Gasteiger partial charge in [0.15, 0.2) is 0 Å². The van der Waals surface area contributed by atoms with Crippen LogP contribution in [0.4, 0.5) is 15.9 Å². The van der Waals surface area contributed by atoms with E-state index in [0.29, 0.717) is 5.82 Å². The first-order valence-electron chi connectivity index (χ1n) is 4.24. The summed E-state index contributed by atoms with van der Waals surface area (Å²) in [7, 11) is 0. The Hall–Kier alpha value is -1.49. The summed E-state index contributed by atoms with van der Waals surface area (Å²) in [5, 5.41) is 3.00. The number of hydrogen-bond donors (Lipinski definition) is 1. The van der Waals surface area contributed by atoms with Gasteiger partial charge in [-0.15, -0.1) is 0 Å². The molecule has 1 N–H and O–H groups in total. The molecule has 2 rings (SSSR count). The maximum atomic E-state index is 12.5. The number of hydrogen-bond acceptors (Lipinski definition) is 3. The van der Waals surface area contributed by atoms with Crippen LogP contribution in [0.1, 0.15) is 0 Å². The van der Waals surface area contributed by atoms with Crippen LogP contribution >= 0.6 is 15.9 Å². The van der Waals surface area contributed by atoms with Crippen LogP contribution in [0.3, 0.4) is 0 Å². The minimum Gasteiger partial charge on any atom is -0.339 e. The lowest BCUT2D eigenvalue weighted by Gasteiger charge is -2.04. The topological polar surface area (TPSA) is 37.8 Å². The number of aromatic nitrogens is 2. The van der Waals surface area contributed by atoms with Gasteiger partial charge in [0.05, 0.1) is 12.4 Å². The molecule has 1 heterocycles. The lowest BCUT2D eigenvalue weighted by Crippen LogP contribution is -1.95. The number of anilines is 2. The smallest absolute Gasteiger partial charge is 0.231 e. The fourth-order valence-electron chi connectivity index (χ4n) is 1.06. The van der Waals surface area contributed by atoms with Gasteiger partial charge in [0.1, 0.15) is 5.82 Å². The zero-order chi connectivity index (χ0) is 10.7. The van der Waals surface area contributed by atoms with E-state index < -0.39 is 5.95 Å². The summed E-state index contributed by atoms with van der Waals surface area (Å²) in [5.74, 6) is -0.0740. The van der Waals surface area contributed by atoms with Crippen LogP contribution in [0.5, 0.6) is 0 Å². The summed E-state index contributed by atoms with van der Waals surface area (Å²) in [6.07, 6.45) is 2.42. The Morgan fingerprint density at radius 3 is 2.40 bits per heavy atom. The molecule has 76 valence electrons. The number of halogens is 2. The minimum atomic E-state index is -0.587. The second kappa shape index (κ2) is 4.35. The molecular weight excluding hydrogens is 261 g/mol. The maximum Gasteiger partial charge on any atom is 0.231 e. The van der Waals surface area contributed by atoms with Gasteiger partial charge in [0.2, 0.25) is 5.95 Å². The van der Waals surface area contributed by atoms with Crippen LogP contribution < -0.4 is 5.32 Å². The molecule has 5 heteroatoms. The van der Waals surface area contributed by atoms with E-state index in [1.165, 1.54) is 6.20 Å². The van der Waals surface area contributed by atoms with E-state index in [-0.39, 0.29) is 0 Å². The molecule has 2 aromatic rings. The van der Waals surface area contributed by atoms with Crippen molar-refractivity contribution in [1.82, 2.24) is 9.97 Å². The first-order valence-corrected chi connectivity index (χ1v) is 5.03. The average molecular weight is 268 g/mol. The Morgan fingerprint density at radius 1 is 1.07 bits per heavy atom. The second-order valence-corrected chi connectivity index (χ2v) is 3.77. The predicted molar refractivity (Wildman–Crippen MR) is 59.4 cm³/mol. The highest BCUT2D eigenvalue weighted by Gasteiger charge is 1.97. The third-order valence-electron chi connectivity index (χ3n) is 1.74. The number of rotatable bonds is 2. The summed E-state index contributed by atoms with van der Waals surface area (Å²) in [4.78, 5) is 7.33. The van der Waals surface area contributed by atoms with Gasteiger partial charge < -0.3 is 5.32 Å². The number of benzene rings is 1. The van der Waals surface area contributed by atoms with Gasteiger partial charge in [0.25, 0.3) is 0 Å². The molecule has 0 fully saturated rings. The van der Waals surface area contributed by atoms with E-state index in [0.717, 1.165) is 16.4 Å². The zero-order valence-corrected chi connectivity index (χ0v) is 9.20. The Bertz CT molecular complexity index is 398. The van der Waals surface area contributed by atoms with E-state index >= 15 is 0 Å². The molecular formula is C10H7BrFN3. The van der Waals surface area contributed by atoms with Crippen molar-refractivity contribution in [2.75, 3.05) is 5.32 Å². The largest absolute Gasteiger partial charge is 0.339 e. The molecule has 0 saturated carbocycles. The van der Waals surface area contributed by atoms with E-state index in [9.17, 15) is 4.39 Å². The van der Waals surface area contributed by atoms with E-state index in [4.69, 9.17) is 0 Å². The van der Waals surface area contributed by atoms with Crippen molar-refractivity contribution in [2.24, 2.45) is 0 Å². The van der Waals surface area contributed by atoms with Crippen LogP contribution in [0.2, 0.25) is 0 Å². The summed E-state index contributed by atoms with van der Waals surface area (Å²) in [6, 6.07) is 7.57. The maximum absolute atomic E-state index is 12.5. The fraction of sp³-hybridized carbons (Fsp3) is 0. The molecule has 3 nitrogen and oxygen atoms in total. The van der Waals surface area contributed by atoms with Crippen molar-refractivity contribution in [1.29, 1.82) is 0 Å². The molecule has 0 aliphatic heterocycles. The van der Waals surface area contributed by atoms with Crippen LogP contribution in [0, 0.1) is 5.95 Å². The van der Waals surface area contributed by atoms with Crippen LogP contribution in [0.25, 0.3) is 0 Å². The average Bonchev–Trinajstić information content (AvgIpc) is 2.25. The monoisotopic (exact) mass is 267 g/mol. The van der Waals surface area contributed by atoms with Gasteiger partial charge in [-0.3, -0.25) is 0 Å². The van der Waals surface area contributed by atoms with Gasteiger partial charge in [-0.05, 0) is 24.3 Å². The summed E-state index contributed by atoms with van der Waals surface area (Å²) < 4.78 is 13.5. The lowest BCUT2D eigenvalue weighted by atomic mass is 10.3. The number of nitrogens with one attached hydrogen (secondary N) is 1. The van der Waals surface area contributed by atoms with Crippen molar-refractivity contribution in [2.45, 2.75) is 0 Å². The van der Waals surface area contributed by atoms with Crippen LogP contribution in [-0.2, 0) is 0 Å². The van der Waals surface area contributed by atoms with E-state index in [2.05, 4.69) is 31.2 Å². The third-order valence-corrected chi connectivity index (χ3v) is 2.27. The summed E-state index contributed by atoms with van der Waals surface area (Å²) in [5.41, 5.74) is 0.874. The molecule has 0 aliphatic rings. The molecule has 1 aromatic carbocycles. The molecule has 15 heavy (non-hydrogen) atoms. The Morgan fingerprint density at radius 2 is 1.80 bits per heavy atom. The quantitative estimate of drug-likeness (QED) is 0.909. The van der Waals surface area contributed by atoms with Crippen molar-refractivity contribution < 1.29 is 4.39 Å². The molecule has 0 amide bonds. The molecule has 0 aliphatic carbocycles.